The van der Waals surface area contributed by atoms with Gasteiger partial charge in [-0.1, -0.05) is 45.7 Å². The molecule has 0 saturated heterocycles. The number of carbonyl (C=O) groups is 1. The minimum Gasteiger partial charge on any atom is -0.487 e. The maximum Gasteiger partial charge on any atom is 0.266 e. The molecule has 3 aromatic carbocycles. The Hall–Kier alpha value is -2.66. The number of amides is 1. The first-order chi connectivity index (χ1) is 14.9. The third-order valence-electron chi connectivity index (χ3n) is 4.13. The first-order valence-corrected chi connectivity index (χ1v) is 10.9. The normalized spacial score (nSPS) is 11.0. The number of halogens is 4. The number of nitrogens with one attached hydrogen (secondary N) is 1. The first-order valence-electron chi connectivity index (χ1n) is 8.91. The molecule has 0 fully saturated rings. The van der Waals surface area contributed by atoms with Crippen molar-refractivity contribution in [3.05, 3.63) is 97.1 Å². The number of hydrogen-bond donors (Lipinski definition) is 1. The summed E-state index contributed by atoms with van der Waals surface area (Å²) in [6.07, 6.45) is 1.43. The van der Waals surface area contributed by atoms with Gasteiger partial charge in [0, 0.05) is 26.3 Å². The zero-order valence-corrected chi connectivity index (χ0v) is 19.8. The van der Waals surface area contributed by atoms with E-state index in [0.29, 0.717) is 26.5 Å². The molecule has 31 heavy (non-hydrogen) atoms. The SMILES string of the molecule is N#C/C(=C\c1cc(Br)cc(Br)c1OCc1ccccc1Cl)C(=O)Nc1ccc(F)cc1. The third-order valence-corrected chi connectivity index (χ3v) is 5.55. The molecule has 4 nitrogen and oxygen atoms in total. The van der Waals surface area contributed by atoms with Crippen LogP contribution in [0.5, 0.6) is 5.75 Å². The van der Waals surface area contributed by atoms with Crippen molar-refractivity contribution in [2.75, 3.05) is 5.32 Å². The van der Waals surface area contributed by atoms with Crippen molar-refractivity contribution in [2.45, 2.75) is 6.61 Å². The summed E-state index contributed by atoms with van der Waals surface area (Å²) in [5, 5.41) is 12.7. The Balaban J connectivity index is 1.89. The Bertz CT molecular complexity index is 1190. The number of benzene rings is 3. The van der Waals surface area contributed by atoms with Crippen LogP contribution in [0.3, 0.4) is 0 Å². The zero-order chi connectivity index (χ0) is 22.4. The van der Waals surface area contributed by atoms with E-state index >= 15 is 0 Å². The Morgan fingerprint density at radius 3 is 2.55 bits per heavy atom. The summed E-state index contributed by atoms with van der Waals surface area (Å²) < 4.78 is 20.4. The van der Waals surface area contributed by atoms with Gasteiger partial charge in [-0.3, -0.25) is 4.79 Å². The summed E-state index contributed by atoms with van der Waals surface area (Å²) in [4.78, 5) is 12.6. The highest BCUT2D eigenvalue weighted by atomic mass is 79.9. The lowest BCUT2D eigenvalue weighted by atomic mass is 10.1. The van der Waals surface area contributed by atoms with Gasteiger partial charge in [0.2, 0.25) is 0 Å². The molecule has 8 heteroatoms. The molecule has 0 bridgehead atoms. The molecule has 1 N–H and O–H groups in total. The van der Waals surface area contributed by atoms with Crippen LogP contribution in [0.1, 0.15) is 11.1 Å². The maximum atomic E-state index is 13.1. The summed E-state index contributed by atoms with van der Waals surface area (Å²) in [5.41, 5.74) is 1.54. The summed E-state index contributed by atoms with van der Waals surface area (Å²) in [5.74, 6) is -0.596. The van der Waals surface area contributed by atoms with E-state index in [-0.39, 0.29) is 12.2 Å². The minimum atomic E-state index is -0.623. The lowest BCUT2D eigenvalue weighted by Gasteiger charge is -2.13. The van der Waals surface area contributed by atoms with Crippen LogP contribution < -0.4 is 10.1 Å². The highest BCUT2D eigenvalue weighted by molar-refractivity contribution is 9.11. The molecule has 0 aliphatic carbocycles. The zero-order valence-electron chi connectivity index (χ0n) is 15.8. The molecular formula is C23H14Br2ClFN2O2. The summed E-state index contributed by atoms with van der Waals surface area (Å²) in [7, 11) is 0. The molecule has 0 spiro atoms. The smallest absolute Gasteiger partial charge is 0.266 e. The average molecular weight is 565 g/mol. The van der Waals surface area contributed by atoms with E-state index in [0.717, 1.165) is 10.0 Å². The van der Waals surface area contributed by atoms with Gasteiger partial charge < -0.3 is 10.1 Å². The van der Waals surface area contributed by atoms with Crippen molar-refractivity contribution in [2.24, 2.45) is 0 Å². The largest absolute Gasteiger partial charge is 0.487 e. The molecule has 3 aromatic rings. The number of carbonyl (C=O) groups excluding carboxylic acids is 1. The van der Waals surface area contributed by atoms with Gasteiger partial charge in [-0.25, -0.2) is 4.39 Å². The fourth-order valence-electron chi connectivity index (χ4n) is 2.64. The third kappa shape index (κ3) is 6.17. The highest BCUT2D eigenvalue weighted by Gasteiger charge is 2.15. The van der Waals surface area contributed by atoms with E-state index < -0.39 is 11.7 Å². The molecule has 0 aliphatic rings. The van der Waals surface area contributed by atoms with Gasteiger partial charge in [-0.2, -0.15) is 5.26 Å². The van der Waals surface area contributed by atoms with Gasteiger partial charge in [-0.05, 0) is 64.5 Å². The van der Waals surface area contributed by atoms with E-state index in [4.69, 9.17) is 16.3 Å². The van der Waals surface area contributed by atoms with Crippen LogP contribution in [0, 0.1) is 17.1 Å². The van der Waals surface area contributed by atoms with Crippen molar-refractivity contribution >= 4 is 61.1 Å². The van der Waals surface area contributed by atoms with Gasteiger partial charge in [-0.15, -0.1) is 0 Å². The molecule has 0 saturated carbocycles. The van der Waals surface area contributed by atoms with Crippen molar-refractivity contribution in [3.8, 4) is 11.8 Å². The van der Waals surface area contributed by atoms with Crippen molar-refractivity contribution in [3.63, 3.8) is 0 Å². The molecule has 0 unspecified atom stereocenters. The van der Waals surface area contributed by atoms with Crippen LogP contribution in [0.25, 0.3) is 6.08 Å². The molecule has 0 radical (unpaired) electrons. The van der Waals surface area contributed by atoms with Gasteiger partial charge >= 0.3 is 0 Å². The van der Waals surface area contributed by atoms with Crippen LogP contribution in [-0.2, 0) is 11.4 Å². The van der Waals surface area contributed by atoms with E-state index in [2.05, 4.69) is 37.2 Å². The predicted molar refractivity (Wildman–Crippen MR) is 126 cm³/mol. The standard InChI is InChI=1S/C23H14Br2ClFN2O2/c24-17-10-15(9-16(12-28)23(30)29-19-7-5-18(27)6-8-19)22(20(25)11-17)31-13-14-3-1-2-4-21(14)26/h1-11H,13H2,(H,29,30)/b16-9+. The van der Waals surface area contributed by atoms with Crippen molar-refractivity contribution < 1.29 is 13.9 Å². The molecule has 0 heterocycles. The van der Waals surface area contributed by atoms with E-state index in [9.17, 15) is 14.4 Å². The van der Waals surface area contributed by atoms with Crippen LogP contribution in [0.4, 0.5) is 10.1 Å². The number of rotatable bonds is 6. The monoisotopic (exact) mass is 562 g/mol. The molecule has 0 atom stereocenters. The van der Waals surface area contributed by atoms with Crippen LogP contribution in [-0.4, -0.2) is 5.91 Å². The number of anilines is 1. The number of ether oxygens (including phenoxy) is 1. The minimum absolute atomic E-state index is 0.142. The van der Waals surface area contributed by atoms with Crippen LogP contribution >= 0.6 is 43.5 Å². The quantitative estimate of drug-likeness (QED) is 0.256. The predicted octanol–water partition coefficient (Wildman–Crippen LogP) is 7.13. The first kappa shape index (κ1) is 23.0. The van der Waals surface area contributed by atoms with Gasteiger partial charge in [0.1, 0.15) is 29.8 Å². The summed E-state index contributed by atoms with van der Waals surface area (Å²) >= 11 is 13.1. The summed E-state index contributed by atoms with van der Waals surface area (Å²) in [6.45, 7) is 0.199. The second kappa shape index (κ2) is 10.6. The van der Waals surface area contributed by atoms with Crippen molar-refractivity contribution in [1.82, 2.24) is 0 Å². The Labute approximate surface area is 200 Å². The number of hydrogen-bond acceptors (Lipinski definition) is 3. The lowest BCUT2D eigenvalue weighted by Crippen LogP contribution is -2.13. The van der Waals surface area contributed by atoms with E-state index in [1.807, 2.05) is 24.3 Å². The van der Waals surface area contributed by atoms with Crippen LogP contribution in [0.2, 0.25) is 5.02 Å². The molecule has 3 rings (SSSR count). The summed E-state index contributed by atoms with van der Waals surface area (Å²) in [6, 6.07) is 18.0. The van der Waals surface area contributed by atoms with Crippen molar-refractivity contribution in [1.29, 1.82) is 5.26 Å². The molecular weight excluding hydrogens is 551 g/mol. The number of nitriles is 1. The second-order valence-electron chi connectivity index (χ2n) is 6.32. The van der Waals surface area contributed by atoms with Gasteiger partial charge in [0.05, 0.1) is 4.47 Å². The van der Waals surface area contributed by atoms with E-state index in [1.54, 1.807) is 18.2 Å². The average Bonchev–Trinajstić information content (AvgIpc) is 2.74. The van der Waals surface area contributed by atoms with Crippen LogP contribution in [0.15, 0.2) is 75.2 Å². The lowest BCUT2D eigenvalue weighted by molar-refractivity contribution is -0.112. The highest BCUT2D eigenvalue weighted by Crippen LogP contribution is 2.35. The molecule has 0 aliphatic heterocycles. The fraction of sp³-hybridized carbons (Fsp3) is 0.0435. The Kier molecular flexibility index (Phi) is 7.85. The fourth-order valence-corrected chi connectivity index (χ4v) is 4.20. The number of nitrogens with zero attached hydrogens (tertiary/aromatic N) is 1. The Morgan fingerprint density at radius 1 is 1.16 bits per heavy atom. The Morgan fingerprint density at radius 2 is 1.87 bits per heavy atom. The molecule has 0 aromatic heterocycles. The maximum absolute atomic E-state index is 13.1. The topological polar surface area (TPSA) is 62.1 Å². The van der Waals surface area contributed by atoms with Gasteiger partial charge in [0.25, 0.3) is 5.91 Å². The van der Waals surface area contributed by atoms with E-state index in [1.165, 1.54) is 30.3 Å². The van der Waals surface area contributed by atoms with Gasteiger partial charge in [0.15, 0.2) is 0 Å². The molecule has 156 valence electrons. The molecule has 1 amide bonds. The second-order valence-corrected chi connectivity index (χ2v) is 8.49.